The number of hydrogen-bond donors (Lipinski definition) is 0. The zero-order valence-electron chi connectivity index (χ0n) is 45.3. The molecule has 5 heteroatoms. The Labute approximate surface area is 462 Å². The first kappa shape index (κ1) is 65.8. The molecule has 0 saturated heterocycles. The number of allylic oxidation sites excluding steroid dienone is 4. The molecular weight excluding hydrogens is 951 g/mol. The molecule has 2 unspecified atom stereocenters. The average molecular weight is 1050 g/mol. The zero-order valence-corrected chi connectivity index (χ0v) is 50.2. The van der Waals surface area contributed by atoms with Gasteiger partial charge in [-0.3, -0.25) is 0 Å². The molecule has 0 N–H and O–H groups in total. The fourth-order valence-corrected chi connectivity index (χ4v) is 17.9. The maximum Gasteiger partial charge on any atom is 4.00 e. The molecule has 2 atom stereocenters. The van der Waals surface area contributed by atoms with Crippen LogP contribution in [0.5, 0.6) is 0 Å². The summed E-state index contributed by atoms with van der Waals surface area (Å²) in [5, 5.41) is 5.15. The molecule has 0 spiro atoms. The Bertz CT molecular complexity index is 1600. The van der Waals surface area contributed by atoms with Crippen LogP contribution in [0.15, 0.2) is 78.4 Å². The minimum Gasteiger partial charge on any atom is -1.00 e. The molecule has 0 amide bonds. The molecular formula is C64H99Cl3SiTi. The molecule has 2 aliphatic rings. The predicted molar refractivity (Wildman–Crippen MR) is 293 cm³/mol. The normalized spacial score (nSPS) is 15.2. The topological polar surface area (TPSA) is 0 Å². The van der Waals surface area contributed by atoms with Crippen LogP contribution in [0, 0.1) is 17.4 Å². The van der Waals surface area contributed by atoms with E-state index >= 15 is 0 Å². The molecule has 0 heterocycles. The standard InChI is InChI=1S/C64H99Si.3ClH.Ti/c1-8-14-20-26-34-53-43-54(35-27-21-15-9-2)47-60(46-53)65(64-52(7)42-59-40-32-33-41-63(59)64,61-48-55(36-28-22-16-10-3)44-56(49-61)37-29-23-17-11-4)62-50-57(38-30-24-18-12-5)45-58(51-62)39-31-25-19-13-6;;;;/h32-33,41,43-52,59H,8-31,34-40,42H2,1-7H3;3*1H;/q-1;;;;+4/p-3. The van der Waals surface area contributed by atoms with Gasteiger partial charge in [0.05, 0.1) is 8.07 Å². The summed E-state index contributed by atoms with van der Waals surface area (Å²) in [5.41, 5.74) is 13.3. The Balaban J connectivity index is 0.00000595. The summed E-state index contributed by atoms with van der Waals surface area (Å²) in [6, 6.07) is 25.1. The maximum absolute atomic E-state index is 2.86. The number of benzene rings is 3. The Kier molecular flexibility index (Phi) is 35.8. The van der Waals surface area contributed by atoms with Crippen molar-refractivity contribution in [2.45, 2.75) is 254 Å². The van der Waals surface area contributed by atoms with Gasteiger partial charge in [0.15, 0.2) is 0 Å². The van der Waals surface area contributed by atoms with Gasteiger partial charge in [-0.15, -0.1) is 12.2 Å². The molecule has 0 nitrogen and oxygen atoms in total. The van der Waals surface area contributed by atoms with Gasteiger partial charge < -0.3 is 37.2 Å². The van der Waals surface area contributed by atoms with Crippen LogP contribution in [0.25, 0.3) is 0 Å². The molecule has 0 aromatic heterocycles. The molecule has 1 fully saturated rings. The van der Waals surface area contributed by atoms with Crippen LogP contribution < -0.4 is 52.8 Å². The predicted octanol–water partition coefficient (Wildman–Crippen LogP) is 8.56. The quantitative estimate of drug-likeness (QED) is 0.0244. The molecule has 3 aromatic rings. The van der Waals surface area contributed by atoms with Gasteiger partial charge >= 0.3 is 21.7 Å². The molecule has 69 heavy (non-hydrogen) atoms. The van der Waals surface area contributed by atoms with E-state index in [4.69, 9.17) is 0 Å². The minimum absolute atomic E-state index is 0. The van der Waals surface area contributed by atoms with Crippen molar-refractivity contribution < 1.29 is 58.9 Å². The van der Waals surface area contributed by atoms with Crippen molar-refractivity contribution >= 4 is 23.6 Å². The van der Waals surface area contributed by atoms with Gasteiger partial charge in [0, 0.05) is 0 Å². The molecule has 384 valence electrons. The second-order valence-electron chi connectivity index (χ2n) is 21.3. The molecule has 0 bridgehead atoms. The monoisotopic (exact) mass is 1050 g/mol. The van der Waals surface area contributed by atoms with Gasteiger partial charge in [0.2, 0.25) is 0 Å². The molecule has 1 saturated carbocycles. The third-order valence-electron chi connectivity index (χ3n) is 15.5. The largest absolute Gasteiger partial charge is 4.00 e. The second-order valence-corrected chi connectivity index (χ2v) is 25.0. The first-order chi connectivity index (χ1) is 31.9. The van der Waals surface area contributed by atoms with Crippen molar-refractivity contribution in [1.82, 2.24) is 0 Å². The Morgan fingerprint density at radius 1 is 0.406 bits per heavy atom. The average Bonchev–Trinajstić information content (AvgIpc) is 3.65. The van der Waals surface area contributed by atoms with Crippen LogP contribution in [0.4, 0.5) is 0 Å². The summed E-state index contributed by atoms with van der Waals surface area (Å²) in [5.74, 6) is 1.19. The summed E-state index contributed by atoms with van der Waals surface area (Å²) in [4.78, 5) is 0. The molecule has 0 radical (unpaired) electrons. The van der Waals surface area contributed by atoms with Gasteiger partial charge in [0.25, 0.3) is 0 Å². The van der Waals surface area contributed by atoms with Gasteiger partial charge in [-0.1, -0.05) is 247 Å². The Hall–Kier alpha value is -1.19. The number of hydrogen-bond acceptors (Lipinski definition) is 0. The van der Waals surface area contributed by atoms with Gasteiger partial charge in [0.1, 0.15) is 0 Å². The summed E-state index contributed by atoms with van der Waals surface area (Å²) in [7, 11) is -2.86. The molecule has 3 aromatic carbocycles. The van der Waals surface area contributed by atoms with Crippen LogP contribution in [0.2, 0.25) is 0 Å². The maximum atomic E-state index is 2.84. The van der Waals surface area contributed by atoms with E-state index in [-0.39, 0.29) is 58.9 Å². The van der Waals surface area contributed by atoms with E-state index in [1.165, 1.54) is 205 Å². The van der Waals surface area contributed by atoms with Gasteiger partial charge in [-0.05, 0) is 123 Å². The van der Waals surface area contributed by atoms with Gasteiger partial charge in [-0.25, -0.2) is 11.6 Å². The van der Waals surface area contributed by atoms with E-state index in [2.05, 4.69) is 121 Å². The van der Waals surface area contributed by atoms with Crippen molar-refractivity contribution in [3.8, 4) is 0 Å². The summed E-state index contributed by atoms with van der Waals surface area (Å²) in [6.45, 7) is 16.9. The van der Waals surface area contributed by atoms with Crippen LogP contribution in [-0.4, -0.2) is 8.07 Å². The zero-order chi connectivity index (χ0) is 46.1. The van der Waals surface area contributed by atoms with Gasteiger partial charge in [-0.2, -0.15) is 5.54 Å². The fourth-order valence-electron chi connectivity index (χ4n) is 11.9. The van der Waals surface area contributed by atoms with Crippen molar-refractivity contribution in [1.29, 1.82) is 0 Å². The number of fused-ring (bicyclic) bond motifs is 1. The summed E-state index contributed by atoms with van der Waals surface area (Å²) < 4.78 is 0. The van der Waals surface area contributed by atoms with Crippen LogP contribution in [0.1, 0.15) is 249 Å². The minimum atomic E-state index is -2.86. The molecule has 2 aliphatic carbocycles. The Morgan fingerprint density at radius 2 is 0.681 bits per heavy atom. The van der Waals surface area contributed by atoms with Crippen LogP contribution in [-0.2, 0) is 60.2 Å². The van der Waals surface area contributed by atoms with E-state index in [1.807, 2.05) is 5.54 Å². The van der Waals surface area contributed by atoms with Crippen molar-refractivity contribution in [3.63, 3.8) is 0 Å². The first-order valence-electron chi connectivity index (χ1n) is 28.6. The third-order valence-corrected chi connectivity index (χ3v) is 20.5. The van der Waals surface area contributed by atoms with Crippen LogP contribution in [0.3, 0.4) is 0 Å². The number of rotatable bonds is 34. The van der Waals surface area contributed by atoms with Crippen molar-refractivity contribution in [2.24, 2.45) is 11.8 Å². The smallest absolute Gasteiger partial charge is 1.00 e. The molecule has 0 aliphatic heterocycles. The Morgan fingerprint density at radius 3 is 0.942 bits per heavy atom. The molecule has 5 rings (SSSR count). The summed E-state index contributed by atoms with van der Waals surface area (Å²) >= 11 is 0. The third kappa shape index (κ3) is 20.2. The van der Waals surface area contributed by atoms with E-state index in [9.17, 15) is 0 Å². The number of aryl methyl sites for hydroxylation is 6. The first-order valence-corrected chi connectivity index (χ1v) is 30.6. The number of halogens is 3. The van der Waals surface area contributed by atoms with E-state index in [1.54, 1.807) is 54.5 Å². The number of unbranched alkanes of at least 4 members (excludes halogenated alkanes) is 18. The van der Waals surface area contributed by atoms with E-state index in [0.717, 1.165) is 0 Å². The van der Waals surface area contributed by atoms with E-state index < -0.39 is 8.07 Å². The summed E-state index contributed by atoms with van der Waals surface area (Å²) in [6.07, 6.45) is 49.0. The van der Waals surface area contributed by atoms with Crippen molar-refractivity contribution in [2.75, 3.05) is 0 Å². The SMILES string of the molecule is CCCCCCc1cc(CCCCCC)cc([Si](c2cc(CCCCCC)cc(CCCCCC)c2)(c2cc(CCCCCC)cc(CCCCCC)c2)[C-]2C3=CC=CCC3CC2C)c1.[Cl-].[Cl-].[Cl-].[Ti+4]. The van der Waals surface area contributed by atoms with E-state index in [0.29, 0.717) is 11.8 Å². The fraction of sp³-hybridized carbons (Fsp3) is 0.641. The van der Waals surface area contributed by atoms with Crippen molar-refractivity contribution in [3.05, 3.63) is 117 Å². The second kappa shape index (κ2) is 37.5. The van der Waals surface area contributed by atoms with Crippen LogP contribution >= 0.6 is 0 Å².